The molecule has 2 nitrogen and oxygen atoms in total. The second-order valence-corrected chi connectivity index (χ2v) is 9.04. The fourth-order valence-electron chi connectivity index (χ4n) is 7.02. The molecule has 0 aliphatic heterocycles. The van der Waals surface area contributed by atoms with Crippen LogP contribution < -0.4 is 0 Å². The van der Waals surface area contributed by atoms with Crippen LogP contribution in [-0.4, -0.2) is 17.0 Å². The molecular weight excluding hydrogens is 260 g/mol. The van der Waals surface area contributed by atoms with Crippen molar-refractivity contribution in [1.82, 2.24) is 0 Å². The molecule has 0 aromatic carbocycles. The molecule has 0 amide bonds. The summed E-state index contributed by atoms with van der Waals surface area (Å²) >= 11 is 0. The molecule has 0 unspecified atom stereocenters. The Morgan fingerprint density at radius 2 is 1.71 bits per heavy atom. The zero-order valence-electron chi connectivity index (χ0n) is 13.6. The van der Waals surface area contributed by atoms with Gasteiger partial charge in [-0.2, -0.15) is 0 Å². The second kappa shape index (κ2) is 4.57. The van der Waals surface area contributed by atoms with Gasteiger partial charge in [-0.05, 0) is 79.4 Å². The zero-order valence-corrected chi connectivity index (χ0v) is 13.6. The summed E-state index contributed by atoms with van der Waals surface area (Å²) in [6.07, 6.45) is 10.0. The van der Waals surface area contributed by atoms with Crippen molar-refractivity contribution >= 4 is 5.78 Å². The maximum atomic E-state index is 11.9. The molecule has 0 heterocycles. The predicted octanol–water partition coefficient (Wildman–Crippen LogP) is 3.96. The standard InChI is InChI=1S/C19H30O2/c1-18-9-7-13(20)11-12(18)3-4-14-15-5-6-17(21)19(15,2)10-8-16(14)18/h12,14-17,21H,3-11H2,1-2H3/t12-,14+,15-,16+,17-,18+,19-/m1/s1. The topological polar surface area (TPSA) is 37.3 Å². The lowest BCUT2D eigenvalue weighted by atomic mass is 9.45. The summed E-state index contributed by atoms with van der Waals surface area (Å²) in [5.74, 6) is 3.52. The summed E-state index contributed by atoms with van der Waals surface area (Å²) in [6, 6.07) is 0. The quantitative estimate of drug-likeness (QED) is 0.733. The monoisotopic (exact) mass is 290 g/mol. The summed E-state index contributed by atoms with van der Waals surface area (Å²) in [6.45, 7) is 4.85. The van der Waals surface area contributed by atoms with Gasteiger partial charge in [-0.25, -0.2) is 0 Å². The van der Waals surface area contributed by atoms with Gasteiger partial charge in [-0.3, -0.25) is 4.79 Å². The smallest absolute Gasteiger partial charge is 0.133 e. The van der Waals surface area contributed by atoms with Crippen LogP contribution in [0.3, 0.4) is 0 Å². The minimum atomic E-state index is -0.0677. The van der Waals surface area contributed by atoms with Gasteiger partial charge < -0.3 is 5.11 Å². The number of ketones is 1. The van der Waals surface area contributed by atoms with Crippen LogP contribution in [0.4, 0.5) is 0 Å². The van der Waals surface area contributed by atoms with E-state index in [-0.39, 0.29) is 11.5 Å². The molecule has 21 heavy (non-hydrogen) atoms. The van der Waals surface area contributed by atoms with Gasteiger partial charge >= 0.3 is 0 Å². The van der Waals surface area contributed by atoms with E-state index in [1.54, 1.807) is 0 Å². The Labute approximate surface area is 128 Å². The van der Waals surface area contributed by atoms with E-state index in [2.05, 4.69) is 13.8 Å². The average molecular weight is 290 g/mol. The number of hydrogen-bond acceptors (Lipinski definition) is 2. The van der Waals surface area contributed by atoms with Crippen LogP contribution in [0.2, 0.25) is 0 Å². The molecule has 4 saturated carbocycles. The summed E-state index contributed by atoms with van der Waals surface area (Å²) in [4.78, 5) is 11.9. The van der Waals surface area contributed by atoms with Crippen molar-refractivity contribution in [3.8, 4) is 0 Å². The Hall–Kier alpha value is -0.370. The number of fused-ring (bicyclic) bond motifs is 5. The largest absolute Gasteiger partial charge is 0.393 e. The lowest BCUT2D eigenvalue weighted by molar-refractivity contribution is -0.141. The van der Waals surface area contributed by atoms with Crippen LogP contribution in [0.15, 0.2) is 0 Å². The molecule has 0 aromatic heterocycles. The predicted molar refractivity (Wildman–Crippen MR) is 82.7 cm³/mol. The third kappa shape index (κ3) is 1.84. The van der Waals surface area contributed by atoms with Gasteiger partial charge in [0.1, 0.15) is 5.78 Å². The van der Waals surface area contributed by atoms with Crippen molar-refractivity contribution in [3.63, 3.8) is 0 Å². The molecule has 2 heteroatoms. The molecule has 0 bridgehead atoms. The molecular formula is C19H30O2. The Kier molecular flexibility index (Phi) is 3.10. The molecule has 0 radical (unpaired) electrons. The highest BCUT2D eigenvalue weighted by Gasteiger charge is 2.59. The van der Waals surface area contributed by atoms with E-state index in [9.17, 15) is 9.90 Å². The van der Waals surface area contributed by atoms with E-state index >= 15 is 0 Å². The van der Waals surface area contributed by atoms with Crippen molar-refractivity contribution in [3.05, 3.63) is 0 Å². The minimum absolute atomic E-state index is 0.0677. The summed E-state index contributed by atoms with van der Waals surface area (Å²) in [5.41, 5.74) is 0.598. The van der Waals surface area contributed by atoms with Crippen LogP contribution >= 0.6 is 0 Å². The van der Waals surface area contributed by atoms with Crippen molar-refractivity contribution in [1.29, 1.82) is 0 Å². The van der Waals surface area contributed by atoms with Crippen molar-refractivity contribution in [2.75, 3.05) is 0 Å². The first kappa shape index (κ1) is 14.2. The number of carbonyl (C=O) groups is 1. The van der Waals surface area contributed by atoms with Crippen molar-refractivity contribution in [2.24, 2.45) is 34.5 Å². The lowest BCUT2D eigenvalue weighted by Crippen LogP contribution is -2.54. The first-order valence-electron chi connectivity index (χ1n) is 9.15. The van der Waals surface area contributed by atoms with Gasteiger partial charge in [0.15, 0.2) is 0 Å². The Morgan fingerprint density at radius 3 is 2.52 bits per heavy atom. The fourth-order valence-corrected chi connectivity index (χ4v) is 7.02. The van der Waals surface area contributed by atoms with E-state index in [0.717, 1.165) is 43.4 Å². The maximum absolute atomic E-state index is 11.9. The second-order valence-electron chi connectivity index (χ2n) is 9.04. The van der Waals surface area contributed by atoms with E-state index in [0.29, 0.717) is 17.1 Å². The third-order valence-electron chi connectivity index (χ3n) is 8.43. The summed E-state index contributed by atoms with van der Waals surface area (Å²) in [5, 5.41) is 10.5. The molecule has 4 aliphatic rings. The molecule has 0 aromatic rings. The SMILES string of the molecule is C[C@@]12CC[C@H]3[C@@H](CC[C@@H]4CC(=O)CC[C@@]43C)[C@H]1CC[C@H]2O. The molecule has 7 atom stereocenters. The van der Waals surface area contributed by atoms with Gasteiger partial charge in [0.25, 0.3) is 0 Å². The summed E-state index contributed by atoms with van der Waals surface area (Å²) < 4.78 is 0. The molecule has 118 valence electrons. The van der Waals surface area contributed by atoms with Crippen LogP contribution in [0, 0.1) is 34.5 Å². The number of hydrogen-bond donors (Lipinski definition) is 1. The average Bonchev–Trinajstić information content (AvgIpc) is 2.76. The Balaban J connectivity index is 1.64. The normalized spacial score (nSPS) is 56.5. The molecule has 4 rings (SSSR count). The number of carbonyl (C=O) groups excluding carboxylic acids is 1. The number of Topliss-reactive ketones (excluding diaryl/α,β-unsaturated/α-hetero) is 1. The van der Waals surface area contributed by atoms with E-state index in [1.807, 2.05) is 0 Å². The Bertz CT molecular complexity index is 458. The van der Waals surface area contributed by atoms with Crippen LogP contribution in [0.25, 0.3) is 0 Å². The third-order valence-corrected chi connectivity index (χ3v) is 8.43. The Morgan fingerprint density at radius 1 is 0.952 bits per heavy atom. The van der Waals surface area contributed by atoms with Crippen LogP contribution in [0.5, 0.6) is 0 Å². The highest BCUT2D eigenvalue weighted by Crippen LogP contribution is 2.65. The number of aliphatic hydroxyl groups is 1. The van der Waals surface area contributed by atoms with E-state index < -0.39 is 0 Å². The van der Waals surface area contributed by atoms with E-state index in [4.69, 9.17) is 0 Å². The number of rotatable bonds is 0. The maximum Gasteiger partial charge on any atom is 0.133 e. The zero-order chi connectivity index (χ0) is 14.8. The first-order chi connectivity index (χ1) is 9.95. The van der Waals surface area contributed by atoms with Gasteiger partial charge in [0.05, 0.1) is 6.10 Å². The van der Waals surface area contributed by atoms with E-state index in [1.165, 1.54) is 32.1 Å². The molecule has 0 spiro atoms. The fraction of sp³-hybridized carbons (Fsp3) is 0.947. The number of aliphatic hydroxyl groups excluding tert-OH is 1. The van der Waals surface area contributed by atoms with Crippen molar-refractivity contribution in [2.45, 2.75) is 77.7 Å². The highest BCUT2D eigenvalue weighted by molar-refractivity contribution is 5.79. The molecule has 1 N–H and O–H groups in total. The minimum Gasteiger partial charge on any atom is -0.393 e. The van der Waals surface area contributed by atoms with Gasteiger partial charge in [0.2, 0.25) is 0 Å². The highest BCUT2D eigenvalue weighted by atomic mass is 16.3. The molecule has 4 fully saturated rings. The lowest BCUT2D eigenvalue weighted by Gasteiger charge is -2.60. The van der Waals surface area contributed by atoms with Gasteiger partial charge in [-0.1, -0.05) is 13.8 Å². The summed E-state index contributed by atoms with van der Waals surface area (Å²) in [7, 11) is 0. The van der Waals surface area contributed by atoms with Gasteiger partial charge in [0, 0.05) is 12.8 Å². The van der Waals surface area contributed by atoms with Crippen molar-refractivity contribution < 1.29 is 9.90 Å². The molecule has 0 saturated heterocycles. The van der Waals surface area contributed by atoms with Crippen LogP contribution in [0.1, 0.15) is 71.6 Å². The van der Waals surface area contributed by atoms with Gasteiger partial charge in [-0.15, -0.1) is 0 Å². The first-order valence-corrected chi connectivity index (χ1v) is 9.15. The molecule has 4 aliphatic carbocycles. The van der Waals surface area contributed by atoms with Crippen LogP contribution in [-0.2, 0) is 4.79 Å².